The monoisotopic (exact) mass is 476 g/mol. The van der Waals surface area contributed by atoms with Crippen molar-refractivity contribution in [2.75, 3.05) is 6.61 Å². The minimum Gasteiger partial charge on any atom is -0.463 e. The quantitative estimate of drug-likeness (QED) is 0.401. The third-order valence-corrected chi connectivity index (χ3v) is 6.10. The van der Waals surface area contributed by atoms with Crippen molar-refractivity contribution in [1.29, 1.82) is 0 Å². The molecule has 2 aliphatic heterocycles. The number of imidazole rings is 1. The van der Waals surface area contributed by atoms with E-state index in [-0.39, 0.29) is 12.6 Å². The number of nitrogens with zero attached hydrogens (tertiary/aromatic N) is 6. The molecule has 1 aromatic carbocycles. The van der Waals surface area contributed by atoms with Crippen LogP contribution in [0.3, 0.4) is 0 Å². The number of hydrogen-bond acceptors (Lipinski definition) is 9. The number of ether oxygens (including phenoxy) is 4. The van der Waals surface area contributed by atoms with Crippen LogP contribution in [0, 0.1) is 0 Å². The molecule has 0 amide bonds. The Labute approximate surface area is 200 Å². The topological polar surface area (TPSA) is 115 Å². The van der Waals surface area contributed by atoms with Crippen LogP contribution >= 0.6 is 0 Å². The van der Waals surface area contributed by atoms with Crippen molar-refractivity contribution in [2.45, 2.75) is 51.1 Å². The zero-order valence-electron chi connectivity index (χ0n) is 19.4. The third-order valence-electron chi connectivity index (χ3n) is 6.10. The number of aromatic nitrogens is 6. The highest BCUT2D eigenvalue weighted by Crippen LogP contribution is 2.44. The highest BCUT2D eigenvalue weighted by atomic mass is 16.8. The maximum Gasteiger partial charge on any atom is 0.302 e. The van der Waals surface area contributed by atoms with E-state index >= 15 is 0 Å². The first-order chi connectivity index (χ1) is 16.9. The highest BCUT2D eigenvalue weighted by molar-refractivity contribution is 5.87. The molecule has 2 aliphatic rings. The van der Waals surface area contributed by atoms with Crippen molar-refractivity contribution in [1.82, 2.24) is 29.3 Å². The molecule has 3 aromatic heterocycles. The summed E-state index contributed by atoms with van der Waals surface area (Å²) in [4.78, 5) is 25.1. The molecule has 4 aromatic rings. The van der Waals surface area contributed by atoms with Gasteiger partial charge in [0, 0.05) is 24.9 Å². The molecular formula is C24H24N6O5. The van der Waals surface area contributed by atoms with Crippen LogP contribution in [0.25, 0.3) is 28.1 Å². The van der Waals surface area contributed by atoms with Crippen LogP contribution in [0.1, 0.15) is 27.0 Å². The summed E-state index contributed by atoms with van der Waals surface area (Å²) in [7, 11) is 0. The van der Waals surface area contributed by atoms with Crippen molar-refractivity contribution in [2.24, 2.45) is 0 Å². The Kier molecular flexibility index (Phi) is 5.13. The van der Waals surface area contributed by atoms with E-state index in [2.05, 4.69) is 20.1 Å². The number of hydrogen-bond donors (Lipinski definition) is 0. The molecule has 11 nitrogen and oxygen atoms in total. The van der Waals surface area contributed by atoms with E-state index in [1.165, 1.54) is 13.3 Å². The van der Waals surface area contributed by atoms with Gasteiger partial charge in [0.25, 0.3) is 0 Å². The van der Waals surface area contributed by atoms with E-state index in [9.17, 15) is 4.79 Å². The van der Waals surface area contributed by atoms with E-state index in [4.69, 9.17) is 18.9 Å². The first kappa shape index (κ1) is 21.8. The second kappa shape index (κ2) is 8.22. The predicted octanol–water partition coefficient (Wildman–Crippen LogP) is 2.66. The van der Waals surface area contributed by atoms with Crippen molar-refractivity contribution >= 4 is 17.1 Å². The second-order valence-corrected chi connectivity index (χ2v) is 8.98. The first-order valence-electron chi connectivity index (χ1n) is 11.3. The van der Waals surface area contributed by atoms with Gasteiger partial charge in [0.1, 0.15) is 42.5 Å². The van der Waals surface area contributed by atoms with Crippen molar-refractivity contribution < 1.29 is 23.7 Å². The number of carbonyl (C=O) groups excluding carboxylic acids is 1. The lowest BCUT2D eigenvalue weighted by Crippen LogP contribution is -2.33. The minimum atomic E-state index is -0.796. The number of carbonyl (C=O) groups is 1. The van der Waals surface area contributed by atoms with Gasteiger partial charge in [0.05, 0.1) is 12.0 Å². The molecule has 4 atom stereocenters. The zero-order valence-corrected chi connectivity index (χ0v) is 19.4. The van der Waals surface area contributed by atoms with E-state index in [0.29, 0.717) is 16.9 Å². The molecular weight excluding hydrogens is 452 g/mol. The van der Waals surface area contributed by atoms with Gasteiger partial charge in [-0.25, -0.2) is 19.6 Å². The molecule has 0 spiro atoms. The standard InChI is InChI=1S/C24H24N6O5/c1-14(31)32-11-17-20-21(35-24(2,3)34-20)23(33-17)29-13-27-19-18(25-12-26-22(19)29)15-6-4-7-16(10-15)30-9-5-8-28-30/h4-10,12-13,17,20-21,23H,11H2,1-3H3/t17-,20-,21-,23-/m1/s1. The largest absolute Gasteiger partial charge is 0.463 e. The van der Waals surface area contributed by atoms with E-state index < -0.39 is 30.3 Å². The molecule has 0 N–H and O–H groups in total. The van der Waals surface area contributed by atoms with Crippen LogP contribution < -0.4 is 0 Å². The lowest BCUT2D eigenvalue weighted by atomic mass is 10.1. The van der Waals surface area contributed by atoms with E-state index in [1.807, 2.05) is 54.9 Å². The van der Waals surface area contributed by atoms with Gasteiger partial charge in [-0.15, -0.1) is 0 Å². The van der Waals surface area contributed by atoms with Gasteiger partial charge < -0.3 is 18.9 Å². The fourth-order valence-electron chi connectivity index (χ4n) is 4.68. The Balaban J connectivity index is 1.37. The summed E-state index contributed by atoms with van der Waals surface area (Å²) in [5, 5.41) is 4.31. The molecule has 0 radical (unpaired) electrons. The van der Waals surface area contributed by atoms with Crippen LogP contribution in [0.5, 0.6) is 0 Å². The summed E-state index contributed by atoms with van der Waals surface area (Å²) in [6.45, 7) is 5.14. The molecule has 0 aliphatic carbocycles. The molecule has 6 rings (SSSR count). The Bertz CT molecular complexity index is 1380. The molecule has 2 fully saturated rings. The predicted molar refractivity (Wildman–Crippen MR) is 122 cm³/mol. The van der Waals surface area contributed by atoms with Gasteiger partial charge in [0.15, 0.2) is 17.7 Å². The van der Waals surface area contributed by atoms with Crippen LogP contribution in [0.2, 0.25) is 0 Å². The van der Waals surface area contributed by atoms with Crippen molar-refractivity contribution in [3.8, 4) is 16.9 Å². The van der Waals surface area contributed by atoms with E-state index in [0.717, 1.165) is 11.3 Å². The second-order valence-electron chi connectivity index (χ2n) is 8.98. The Hall–Kier alpha value is -3.67. The highest BCUT2D eigenvalue weighted by Gasteiger charge is 2.56. The summed E-state index contributed by atoms with van der Waals surface area (Å²) in [6.07, 6.45) is 4.92. The van der Waals surface area contributed by atoms with Gasteiger partial charge in [-0.05, 0) is 32.0 Å². The van der Waals surface area contributed by atoms with Gasteiger partial charge in [-0.3, -0.25) is 9.36 Å². The molecule has 2 saturated heterocycles. The number of rotatable bonds is 5. The Morgan fingerprint density at radius 1 is 1.14 bits per heavy atom. The van der Waals surface area contributed by atoms with Gasteiger partial charge >= 0.3 is 5.97 Å². The van der Waals surface area contributed by atoms with Gasteiger partial charge in [0.2, 0.25) is 0 Å². The Morgan fingerprint density at radius 3 is 2.80 bits per heavy atom. The summed E-state index contributed by atoms with van der Waals surface area (Å²) in [6, 6.07) is 9.77. The summed E-state index contributed by atoms with van der Waals surface area (Å²) in [5.74, 6) is -1.18. The maximum atomic E-state index is 11.4. The molecule has 0 saturated carbocycles. The lowest BCUT2D eigenvalue weighted by Gasteiger charge is -2.24. The fraction of sp³-hybridized carbons (Fsp3) is 0.375. The smallest absolute Gasteiger partial charge is 0.302 e. The fourth-order valence-corrected chi connectivity index (χ4v) is 4.68. The minimum absolute atomic E-state index is 0.0690. The average molecular weight is 476 g/mol. The lowest BCUT2D eigenvalue weighted by molar-refractivity contribution is -0.201. The number of esters is 1. The Morgan fingerprint density at radius 2 is 2.00 bits per heavy atom. The summed E-state index contributed by atoms with van der Waals surface area (Å²) in [5.41, 5.74) is 3.72. The number of fused-ring (bicyclic) bond motifs is 2. The van der Waals surface area contributed by atoms with E-state index in [1.54, 1.807) is 17.2 Å². The van der Waals surface area contributed by atoms with Gasteiger partial charge in [-0.1, -0.05) is 12.1 Å². The molecule has 180 valence electrons. The molecule has 35 heavy (non-hydrogen) atoms. The molecule has 5 heterocycles. The first-order valence-corrected chi connectivity index (χ1v) is 11.3. The van der Waals surface area contributed by atoms with Crippen LogP contribution in [-0.4, -0.2) is 66.0 Å². The molecule has 11 heteroatoms. The van der Waals surface area contributed by atoms with Gasteiger partial charge in [-0.2, -0.15) is 5.10 Å². The van der Waals surface area contributed by atoms with Crippen molar-refractivity contribution in [3.05, 3.63) is 55.4 Å². The molecule has 0 unspecified atom stereocenters. The summed E-state index contributed by atoms with van der Waals surface area (Å²) >= 11 is 0. The third kappa shape index (κ3) is 3.87. The SMILES string of the molecule is CC(=O)OC[C@H]1O[C@@H](n2cnc3c(-c4cccc(-n5cccn5)c4)ncnc32)[C@@H]2OC(C)(C)O[C@@H]21. The van der Waals surface area contributed by atoms with Crippen LogP contribution in [-0.2, 0) is 23.7 Å². The normalized spacial score (nSPS) is 25.1. The van der Waals surface area contributed by atoms with Crippen molar-refractivity contribution in [3.63, 3.8) is 0 Å². The summed E-state index contributed by atoms with van der Waals surface area (Å²) < 4.78 is 27.4. The average Bonchev–Trinajstić information content (AvgIpc) is 3.61. The maximum absolute atomic E-state index is 11.4. The van der Waals surface area contributed by atoms with Crippen LogP contribution in [0.4, 0.5) is 0 Å². The zero-order chi connectivity index (χ0) is 24.2. The molecule has 0 bridgehead atoms. The van der Waals surface area contributed by atoms with Crippen LogP contribution in [0.15, 0.2) is 55.4 Å². The number of benzene rings is 1.